The molecule has 1 aromatic carbocycles. The summed E-state index contributed by atoms with van der Waals surface area (Å²) in [7, 11) is 0. The standard InChI is InChI=1S/C14H18N4S/c1-4-15-13-10(2)14(17-9-16-13)18-11-5-7-12(19-3)8-6-11/h5-9H,4H2,1-3H3,(H2,15,16,17,18). The summed E-state index contributed by atoms with van der Waals surface area (Å²) in [5.41, 5.74) is 2.06. The molecule has 2 N–H and O–H groups in total. The number of thioether (sulfide) groups is 1. The summed E-state index contributed by atoms with van der Waals surface area (Å²) in [5.74, 6) is 1.71. The average molecular weight is 274 g/mol. The quantitative estimate of drug-likeness (QED) is 0.814. The number of nitrogens with zero attached hydrogens (tertiary/aromatic N) is 2. The van der Waals surface area contributed by atoms with Gasteiger partial charge in [0.25, 0.3) is 0 Å². The van der Waals surface area contributed by atoms with Crippen LogP contribution in [0.15, 0.2) is 35.5 Å². The van der Waals surface area contributed by atoms with Gasteiger partial charge in [0, 0.05) is 22.7 Å². The molecule has 4 nitrogen and oxygen atoms in total. The lowest BCUT2D eigenvalue weighted by molar-refractivity contribution is 1.08. The van der Waals surface area contributed by atoms with E-state index >= 15 is 0 Å². The number of aromatic nitrogens is 2. The van der Waals surface area contributed by atoms with Gasteiger partial charge in [-0.25, -0.2) is 9.97 Å². The summed E-state index contributed by atoms with van der Waals surface area (Å²) in [5, 5.41) is 6.55. The van der Waals surface area contributed by atoms with Crippen molar-refractivity contribution in [2.75, 3.05) is 23.4 Å². The molecular weight excluding hydrogens is 256 g/mol. The second kappa shape index (κ2) is 6.43. The maximum Gasteiger partial charge on any atom is 0.138 e. The van der Waals surface area contributed by atoms with E-state index in [9.17, 15) is 0 Å². The lowest BCUT2D eigenvalue weighted by Crippen LogP contribution is -2.05. The Morgan fingerprint density at radius 3 is 2.42 bits per heavy atom. The first-order valence-electron chi connectivity index (χ1n) is 6.21. The van der Waals surface area contributed by atoms with E-state index in [-0.39, 0.29) is 0 Å². The number of hydrogen-bond acceptors (Lipinski definition) is 5. The van der Waals surface area contributed by atoms with E-state index in [0.717, 1.165) is 29.4 Å². The van der Waals surface area contributed by atoms with Crippen LogP contribution in [0, 0.1) is 6.92 Å². The van der Waals surface area contributed by atoms with Crippen molar-refractivity contribution in [1.82, 2.24) is 9.97 Å². The van der Waals surface area contributed by atoms with Crippen LogP contribution in [0.3, 0.4) is 0 Å². The third-order valence-corrected chi connectivity index (χ3v) is 3.52. The fraction of sp³-hybridized carbons (Fsp3) is 0.286. The maximum absolute atomic E-state index is 4.29. The molecule has 19 heavy (non-hydrogen) atoms. The molecule has 2 rings (SSSR count). The molecule has 0 radical (unpaired) electrons. The highest BCUT2D eigenvalue weighted by Gasteiger charge is 2.06. The van der Waals surface area contributed by atoms with Gasteiger partial charge < -0.3 is 10.6 Å². The van der Waals surface area contributed by atoms with Crippen molar-refractivity contribution in [3.63, 3.8) is 0 Å². The zero-order valence-electron chi connectivity index (χ0n) is 11.4. The molecule has 0 aliphatic carbocycles. The summed E-state index contributed by atoms with van der Waals surface area (Å²) in [6.45, 7) is 4.91. The van der Waals surface area contributed by atoms with Crippen molar-refractivity contribution in [2.45, 2.75) is 18.7 Å². The van der Waals surface area contributed by atoms with Gasteiger partial charge in [-0.05, 0) is 44.4 Å². The van der Waals surface area contributed by atoms with Gasteiger partial charge in [-0.3, -0.25) is 0 Å². The van der Waals surface area contributed by atoms with Crippen LogP contribution in [0.25, 0.3) is 0 Å². The maximum atomic E-state index is 4.29. The second-order valence-electron chi connectivity index (χ2n) is 4.08. The van der Waals surface area contributed by atoms with E-state index in [1.54, 1.807) is 18.1 Å². The van der Waals surface area contributed by atoms with Crippen LogP contribution in [0.5, 0.6) is 0 Å². The smallest absolute Gasteiger partial charge is 0.138 e. The van der Waals surface area contributed by atoms with Crippen LogP contribution < -0.4 is 10.6 Å². The van der Waals surface area contributed by atoms with E-state index in [0.29, 0.717) is 0 Å². The molecule has 1 aromatic heterocycles. The van der Waals surface area contributed by atoms with Crippen molar-refractivity contribution in [1.29, 1.82) is 0 Å². The van der Waals surface area contributed by atoms with E-state index in [1.807, 2.05) is 6.92 Å². The summed E-state index contributed by atoms with van der Waals surface area (Å²) < 4.78 is 0. The van der Waals surface area contributed by atoms with Gasteiger partial charge in [0.2, 0.25) is 0 Å². The van der Waals surface area contributed by atoms with Crippen LogP contribution >= 0.6 is 11.8 Å². The second-order valence-corrected chi connectivity index (χ2v) is 4.96. The lowest BCUT2D eigenvalue weighted by Gasteiger charge is -2.12. The number of hydrogen-bond donors (Lipinski definition) is 2. The van der Waals surface area contributed by atoms with Crippen LogP contribution in [0.2, 0.25) is 0 Å². The van der Waals surface area contributed by atoms with Gasteiger partial charge in [0.15, 0.2) is 0 Å². The van der Waals surface area contributed by atoms with Crippen molar-refractivity contribution in [2.24, 2.45) is 0 Å². The molecule has 0 fully saturated rings. The van der Waals surface area contributed by atoms with Crippen molar-refractivity contribution >= 4 is 29.1 Å². The molecule has 0 unspecified atom stereocenters. The lowest BCUT2D eigenvalue weighted by atomic mass is 10.2. The molecule has 0 saturated carbocycles. The predicted molar refractivity (Wildman–Crippen MR) is 82.4 cm³/mol. The van der Waals surface area contributed by atoms with Crippen LogP contribution in [-0.2, 0) is 0 Å². The monoisotopic (exact) mass is 274 g/mol. The predicted octanol–water partition coefficient (Wildman–Crippen LogP) is 3.68. The first kappa shape index (κ1) is 13.7. The minimum absolute atomic E-state index is 0.836. The Balaban J connectivity index is 2.20. The molecule has 0 aliphatic rings. The van der Waals surface area contributed by atoms with E-state index in [1.165, 1.54) is 4.90 Å². The normalized spacial score (nSPS) is 10.3. The minimum Gasteiger partial charge on any atom is -0.370 e. The SMILES string of the molecule is CCNc1ncnc(Nc2ccc(SC)cc2)c1C. The van der Waals surface area contributed by atoms with Gasteiger partial charge in [-0.2, -0.15) is 0 Å². The molecule has 0 saturated heterocycles. The third-order valence-electron chi connectivity index (χ3n) is 2.78. The highest BCUT2D eigenvalue weighted by Crippen LogP contribution is 2.24. The fourth-order valence-electron chi connectivity index (χ4n) is 1.73. The third kappa shape index (κ3) is 3.38. The van der Waals surface area contributed by atoms with Gasteiger partial charge in [-0.1, -0.05) is 0 Å². The molecule has 2 aromatic rings. The van der Waals surface area contributed by atoms with Crippen LogP contribution in [0.4, 0.5) is 17.3 Å². The average Bonchev–Trinajstić information content (AvgIpc) is 2.44. The Kier molecular flexibility index (Phi) is 4.63. The first-order valence-corrected chi connectivity index (χ1v) is 7.43. The first-order chi connectivity index (χ1) is 9.24. The summed E-state index contributed by atoms with van der Waals surface area (Å²) in [6.07, 6.45) is 3.64. The van der Waals surface area contributed by atoms with E-state index in [4.69, 9.17) is 0 Å². The molecule has 0 amide bonds. The van der Waals surface area contributed by atoms with Crippen LogP contribution in [-0.4, -0.2) is 22.8 Å². The Labute approximate surface area is 118 Å². The molecule has 0 spiro atoms. The van der Waals surface area contributed by atoms with Gasteiger partial charge >= 0.3 is 0 Å². The van der Waals surface area contributed by atoms with Crippen molar-refractivity contribution < 1.29 is 0 Å². The Morgan fingerprint density at radius 2 is 1.79 bits per heavy atom. The minimum atomic E-state index is 0.836. The zero-order chi connectivity index (χ0) is 13.7. The molecule has 0 bridgehead atoms. The molecule has 100 valence electrons. The Hall–Kier alpha value is -1.75. The van der Waals surface area contributed by atoms with Gasteiger partial charge in [0.05, 0.1) is 0 Å². The number of anilines is 3. The Morgan fingerprint density at radius 1 is 1.11 bits per heavy atom. The molecule has 0 atom stereocenters. The van der Waals surface area contributed by atoms with E-state index < -0.39 is 0 Å². The molecule has 1 heterocycles. The van der Waals surface area contributed by atoms with Crippen molar-refractivity contribution in [3.8, 4) is 0 Å². The molecule has 0 aliphatic heterocycles. The number of rotatable bonds is 5. The topological polar surface area (TPSA) is 49.8 Å². The molecular formula is C14H18N4S. The fourth-order valence-corrected chi connectivity index (χ4v) is 2.14. The molecule has 5 heteroatoms. The van der Waals surface area contributed by atoms with Crippen molar-refractivity contribution in [3.05, 3.63) is 36.2 Å². The highest BCUT2D eigenvalue weighted by molar-refractivity contribution is 7.98. The zero-order valence-corrected chi connectivity index (χ0v) is 12.2. The van der Waals surface area contributed by atoms with E-state index in [2.05, 4.69) is 58.0 Å². The summed E-state index contributed by atoms with van der Waals surface area (Å²) >= 11 is 1.73. The van der Waals surface area contributed by atoms with Gasteiger partial charge in [0.1, 0.15) is 18.0 Å². The highest BCUT2D eigenvalue weighted by atomic mass is 32.2. The largest absolute Gasteiger partial charge is 0.370 e. The summed E-state index contributed by atoms with van der Waals surface area (Å²) in [6, 6.07) is 8.30. The number of benzene rings is 1. The van der Waals surface area contributed by atoms with Crippen LogP contribution in [0.1, 0.15) is 12.5 Å². The Bertz CT molecular complexity index is 540. The number of nitrogens with one attached hydrogen (secondary N) is 2. The summed E-state index contributed by atoms with van der Waals surface area (Å²) in [4.78, 5) is 9.77. The van der Waals surface area contributed by atoms with Gasteiger partial charge in [-0.15, -0.1) is 11.8 Å².